The smallest absolute Gasteiger partial charge is 0.254 e. The predicted molar refractivity (Wildman–Crippen MR) is 72.4 cm³/mol. The molecule has 3 heteroatoms. The Morgan fingerprint density at radius 1 is 1.38 bits per heavy atom. The van der Waals surface area contributed by atoms with Gasteiger partial charge >= 0.3 is 0 Å². The summed E-state index contributed by atoms with van der Waals surface area (Å²) in [5, 5.41) is 0. The van der Waals surface area contributed by atoms with E-state index >= 15 is 0 Å². The number of hydrogen-bond donors (Lipinski definition) is 1. The molecule has 0 aliphatic heterocycles. The summed E-state index contributed by atoms with van der Waals surface area (Å²) in [4.78, 5) is 12.1. The van der Waals surface area contributed by atoms with E-state index in [4.69, 9.17) is 0 Å². The highest BCUT2D eigenvalue weighted by molar-refractivity contribution is 7.79. The van der Waals surface area contributed by atoms with Crippen LogP contribution < -0.4 is 5.56 Å². The molecule has 0 radical (unpaired) electrons. The highest BCUT2D eigenvalue weighted by atomic mass is 32.1. The van der Waals surface area contributed by atoms with Gasteiger partial charge in [0.2, 0.25) is 0 Å². The molecule has 0 aliphatic carbocycles. The van der Waals surface area contributed by atoms with E-state index in [1.807, 2.05) is 10.6 Å². The zero-order valence-electron chi connectivity index (χ0n) is 10.4. The van der Waals surface area contributed by atoms with Crippen LogP contribution in [0.25, 0.3) is 0 Å². The van der Waals surface area contributed by atoms with Crippen molar-refractivity contribution in [1.29, 1.82) is 0 Å². The number of thiol groups is 1. The lowest BCUT2D eigenvalue weighted by atomic mass is 10.1. The van der Waals surface area contributed by atoms with Crippen molar-refractivity contribution in [2.45, 2.75) is 51.8 Å². The summed E-state index contributed by atoms with van der Waals surface area (Å²) in [5.74, 6) is 0.905. The molecule has 1 heterocycles. The van der Waals surface area contributed by atoms with E-state index in [0.29, 0.717) is 11.7 Å². The van der Waals surface area contributed by atoms with Crippen molar-refractivity contribution in [2.75, 3.05) is 0 Å². The van der Waals surface area contributed by atoms with Crippen LogP contribution in [-0.2, 0) is 12.3 Å². The highest BCUT2D eigenvalue weighted by Crippen LogP contribution is 2.14. The van der Waals surface area contributed by atoms with Gasteiger partial charge in [-0.1, -0.05) is 33.3 Å². The molecule has 0 aromatic carbocycles. The molecule has 0 N–H and O–H groups in total. The molecule has 2 nitrogen and oxygen atoms in total. The van der Waals surface area contributed by atoms with Gasteiger partial charge in [0, 0.05) is 23.6 Å². The van der Waals surface area contributed by atoms with Crippen molar-refractivity contribution in [3.8, 4) is 0 Å². The summed E-state index contributed by atoms with van der Waals surface area (Å²) < 4.78 is 1.92. The predicted octanol–water partition coefficient (Wildman–Crippen LogP) is 3.20. The second-order valence-electron chi connectivity index (χ2n) is 4.41. The van der Waals surface area contributed by atoms with Gasteiger partial charge in [0.1, 0.15) is 0 Å². The van der Waals surface area contributed by atoms with Crippen molar-refractivity contribution < 1.29 is 0 Å². The van der Waals surface area contributed by atoms with E-state index in [1.54, 1.807) is 0 Å². The maximum atomic E-state index is 12.1. The van der Waals surface area contributed by atoms with E-state index in [-0.39, 0.29) is 5.56 Å². The molecule has 1 aromatic heterocycles. The molecular weight excluding hydrogens is 218 g/mol. The lowest BCUT2D eigenvalue weighted by Crippen LogP contribution is -2.26. The quantitative estimate of drug-likeness (QED) is 0.783. The zero-order chi connectivity index (χ0) is 12.1. The fourth-order valence-electron chi connectivity index (χ4n) is 1.81. The SMILES string of the molecule is CCCCn1c(C(C)C)ccc(CS)c1=O. The van der Waals surface area contributed by atoms with Crippen molar-refractivity contribution >= 4 is 12.6 Å². The Balaban J connectivity index is 3.20. The largest absolute Gasteiger partial charge is 0.312 e. The molecule has 16 heavy (non-hydrogen) atoms. The van der Waals surface area contributed by atoms with Crippen LogP contribution in [0.2, 0.25) is 0 Å². The van der Waals surface area contributed by atoms with Crippen LogP contribution in [0.15, 0.2) is 16.9 Å². The van der Waals surface area contributed by atoms with Crippen LogP contribution >= 0.6 is 12.6 Å². The van der Waals surface area contributed by atoms with E-state index in [2.05, 4.69) is 39.5 Å². The van der Waals surface area contributed by atoms with Crippen molar-refractivity contribution in [2.24, 2.45) is 0 Å². The van der Waals surface area contributed by atoms with Crippen LogP contribution in [0.3, 0.4) is 0 Å². The summed E-state index contributed by atoms with van der Waals surface area (Å²) >= 11 is 4.19. The fraction of sp³-hybridized carbons (Fsp3) is 0.615. The molecule has 0 amide bonds. The maximum Gasteiger partial charge on any atom is 0.254 e. The van der Waals surface area contributed by atoms with Crippen molar-refractivity contribution in [3.05, 3.63) is 33.7 Å². The standard InChI is InChI=1S/C13H21NOS/c1-4-5-8-14-12(10(2)3)7-6-11(9-16)13(14)15/h6-7,10,16H,4-5,8-9H2,1-3H3. The molecule has 0 fully saturated rings. The summed E-state index contributed by atoms with van der Waals surface area (Å²) in [6, 6.07) is 3.97. The second-order valence-corrected chi connectivity index (χ2v) is 4.72. The second kappa shape index (κ2) is 6.14. The van der Waals surface area contributed by atoms with Crippen LogP contribution in [0, 0.1) is 0 Å². The Morgan fingerprint density at radius 3 is 2.56 bits per heavy atom. The molecule has 0 bridgehead atoms. The number of pyridine rings is 1. The molecule has 0 aliphatic rings. The van der Waals surface area contributed by atoms with E-state index < -0.39 is 0 Å². The Labute approximate surface area is 103 Å². The molecule has 0 saturated heterocycles. The topological polar surface area (TPSA) is 22.0 Å². The van der Waals surface area contributed by atoms with Crippen LogP contribution in [0.5, 0.6) is 0 Å². The normalized spacial score (nSPS) is 11.1. The third kappa shape index (κ3) is 2.91. The first-order valence-electron chi connectivity index (χ1n) is 5.95. The first-order valence-corrected chi connectivity index (χ1v) is 6.58. The molecule has 1 aromatic rings. The molecule has 0 spiro atoms. The summed E-state index contributed by atoms with van der Waals surface area (Å²) in [6.07, 6.45) is 2.16. The van der Waals surface area contributed by atoms with Gasteiger partial charge in [0.05, 0.1) is 0 Å². The molecule has 0 unspecified atom stereocenters. The maximum absolute atomic E-state index is 12.1. The van der Waals surface area contributed by atoms with Crippen molar-refractivity contribution in [3.63, 3.8) is 0 Å². The number of unbranched alkanes of at least 4 members (excludes halogenated alkanes) is 1. The minimum Gasteiger partial charge on any atom is -0.312 e. The van der Waals surface area contributed by atoms with Gasteiger partial charge in [-0.3, -0.25) is 4.79 Å². The van der Waals surface area contributed by atoms with Crippen LogP contribution in [-0.4, -0.2) is 4.57 Å². The third-order valence-corrected chi connectivity index (χ3v) is 3.12. The summed E-state index contributed by atoms with van der Waals surface area (Å²) in [6.45, 7) is 7.21. The summed E-state index contributed by atoms with van der Waals surface area (Å²) in [7, 11) is 0. The average molecular weight is 239 g/mol. The van der Waals surface area contributed by atoms with Gasteiger partial charge in [-0.2, -0.15) is 12.6 Å². The first kappa shape index (κ1) is 13.4. The Morgan fingerprint density at radius 2 is 2.06 bits per heavy atom. The van der Waals surface area contributed by atoms with Gasteiger partial charge in [-0.15, -0.1) is 0 Å². The van der Waals surface area contributed by atoms with Crippen LogP contribution in [0.1, 0.15) is 50.8 Å². The zero-order valence-corrected chi connectivity index (χ0v) is 11.3. The Kier molecular flexibility index (Phi) is 5.13. The van der Waals surface area contributed by atoms with Gasteiger partial charge in [0.15, 0.2) is 0 Å². The number of aromatic nitrogens is 1. The lowest BCUT2D eigenvalue weighted by Gasteiger charge is -2.16. The average Bonchev–Trinajstić information content (AvgIpc) is 2.26. The molecule has 0 atom stereocenters. The Hall–Kier alpha value is -0.700. The lowest BCUT2D eigenvalue weighted by molar-refractivity contribution is 0.567. The van der Waals surface area contributed by atoms with Gasteiger partial charge < -0.3 is 4.57 Å². The Bertz CT molecular complexity index is 395. The van der Waals surface area contributed by atoms with Gasteiger partial charge in [0.25, 0.3) is 5.56 Å². The molecule has 0 saturated carbocycles. The van der Waals surface area contributed by atoms with Gasteiger partial charge in [-0.25, -0.2) is 0 Å². The molecule has 90 valence electrons. The van der Waals surface area contributed by atoms with E-state index in [1.165, 1.54) is 0 Å². The summed E-state index contributed by atoms with van der Waals surface area (Å²) in [5.41, 5.74) is 2.06. The number of nitrogens with zero attached hydrogens (tertiary/aromatic N) is 1. The van der Waals surface area contributed by atoms with Crippen LogP contribution in [0.4, 0.5) is 0 Å². The monoisotopic (exact) mass is 239 g/mol. The van der Waals surface area contributed by atoms with E-state index in [0.717, 1.165) is 30.6 Å². The minimum absolute atomic E-state index is 0.134. The molecular formula is C13H21NOS. The fourth-order valence-corrected chi connectivity index (χ4v) is 2.05. The minimum atomic E-state index is 0.134. The first-order chi connectivity index (χ1) is 7.61. The number of hydrogen-bond acceptors (Lipinski definition) is 2. The highest BCUT2D eigenvalue weighted by Gasteiger charge is 2.10. The van der Waals surface area contributed by atoms with E-state index in [9.17, 15) is 4.79 Å². The van der Waals surface area contributed by atoms with Crippen molar-refractivity contribution in [1.82, 2.24) is 4.57 Å². The third-order valence-electron chi connectivity index (χ3n) is 2.78. The van der Waals surface area contributed by atoms with Gasteiger partial charge in [-0.05, 0) is 18.4 Å². The number of rotatable bonds is 5. The molecule has 1 rings (SSSR count).